The molecule has 1 amide bonds. The van der Waals surface area contributed by atoms with Gasteiger partial charge in [-0.05, 0) is 43.5 Å². The van der Waals surface area contributed by atoms with Gasteiger partial charge in [0.15, 0.2) is 0 Å². The van der Waals surface area contributed by atoms with E-state index in [-0.39, 0.29) is 39.9 Å². The number of sulfonamides is 1. The lowest BCUT2D eigenvalue weighted by Gasteiger charge is -2.34. The highest BCUT2D eigenvalue weighted by atomic mass is 35.5. The predicted octanol–water partition coefficient (Wildman–Crippen LogP) is 5.31. The summed E-state index contributed by atoms with van der Waals surface area (Å²) in [5.41, 5.74) is 0.958. The number of piperidine rings is 1. The van der Waals surface area contributed by atoms with Gasteiger partial charge >= 0.3 is 0 Å². The van der Waals surface area contributed by atoms with Crippen molar-refractivity contribution >= 4 is 56.6 Å². The molecule has 4 rings (SSSR count). The van der Waals surface area contributed by atoms with Crippen molar-refractivity contribution in [2.24, 2.45) is 5.92 Å². The van der Waals surface area contributed by atoms with Crippen molar-refractivity contribution in [1.29, 1.82) is 0 Å². The average molecular weight is 499 g/mol. The Hall–Kier alpha value is -1.25. The van der Waals surface area contributed by atoms with Gasteiger partial charge in [-0.15, -0.1) is 11.8 Å². The number of benzene rings is 2. The molecular weight excluding hydrogens is 475 g/mol. The van der Waals surface area contributed by atoms with E-state index in [2.05, 4.69) is 13.0 Å². The first-order valence-corrected chi connectivity index (χ1v) is 13.4. The van der Waals surface area contributed by atoms with E-state index in [1.165, 1.54) is 16.4 Å². The summed E-state index contributed by atoms with van der Waals surface area (Å²) in [4.78, 5) is 16.4. The maximum atomic E-state index is 13.4. The van der Waals surface area contributed by atoms with Gasteiger partial charge in [0, 0.05) is 35.7 Å². The quantitative estimate of drug-likeness (QED) is 0.574. The molecule has 2 aromatic carbocycles. The highest BCUT2D eigenvalue weighted by molar-refractivity contribution is 8.00. The van der Waals surface area contributed by atoms with Gasteiger partial charge in [0.2, 0.25) is 15.9 Å². The monoisotopic (exact) mass is 498 g/mol. The highest BCUT2D eigenvalue weighted by Crippen LogP contribution is 2.39. The van der Waals surface area contributed by atoms with Crippen LogP contribution < -0.4 is 4.90 Å². The molecule has 166 valence electrons. The molecule has 9 heteroatoms. The Kier molecular flexibility index (Phi) is 6.89. The predicted molar refractivity (Wildman–Crippen MR) is 127 cm³/mol. The fourth-order valence-corrected chi connectivity index (χ4v) is 7.81. The lowest BCUT2D eigenvalue weighted by Crippen LogP contribution is -2.45. The third kappa shape index (κ3) is 4.62. The van der Waals surface area contributed by atoms with Crippen molar-refractivity contribution in [3.63, 3.8) is 0 Å². The SMILES string of the molecule is CC1CCN(C(=O)C2CCN(S(=O)(=O)c3c(Cl)cccc3Cl)CC2)c2ccccc2S1. The minimum absolute atomic E-state index is 0.0597. The van der Waals surface area contributed by atoms with Crippen LogP contribution in [0.25, 0.3) is 0 Å². The van der Waals surface area contributed by atoms with Crippen molar-refractivity contribution in [3.05, 3.63) is 52.5 Å². The molecule has 1 fully saturated rings. The van der Waals surface area contributed by atoms with Crippen LogP contribution in [-0.2, 0) is 14.8 Å². The second-order valence-corrected chi connectivity index (χ2v) is 12.1. The molecule has 0 spiro atoms. The number of carbonyl (C=O) groups is 1. The third-order valence-electron chi connectivity index (χ3n) is 5.83. The summed E-state index contributed by atoms with van der Waals surface area (Å²) >= 11 is 14.1. The maximum absolute atomic E-state index is 13.4. The number of thioether (sulfide) groups is 1. The Morgan fingerprint density at radius 1 is 0.968 bits per heavy atom. The van der Waals surface area contributed by atoms with Gasteiger partial charge in [0.1, 0.15) is 4.90 Å². The Balaban J connectivity index is 1.50. The van der Waals surface area contributed by atoms with Crippen molar-refractivity contribution in [1.82, 2.24) is 4.31 Å². The molecule has 0 saturated carbocycles. The van der Waals surface area contributed by atoms with E-state index in [1.807, 2.05) is 23.1 Å². The molecule has 2 aliphatic rings. The molecule has 0 N–H and O–H groups in total. The number of halogens is 2. The number of hydrogen-bond acceptors (Lipinski definition) is 4. The summed E-state index contributed by atoms with van der Waals surface area (Å²) in [6.07, 6.45) is 1.87. The van der Waals surface area contributed by atoms with Gasteiger partial charge in [0.05, 0.1) is 15.7 Å². The standard InChI is InChI=1S/C22H24Cl2N2O3S2/c1-15-9-14-26(19-7-2-3-8-20(19)30-15)22(27)16-10-12-25(13-11-16)31(28,29)21-17(23)5-4-6-18(21)24/h2-8,15-16H,9-14H2,1H3. The van der Waals surface area contributed by atoms with Crippen LogP contribution in [0.2, 0.25) is 10.0 Å². The lowest BCUT2D eigenvalue weighted by molar-refractivity contribution is -0.123. The Morgan fingerprint density at radius 3 is 2.29 bits per heavy atom. The second kappa shape index (κ2) is 9.32. The molecule has 2 aliphatic heterocycles. The number of fused-ring (bicyclic) bond motifs is 1. The van der Waals surface area contributed by atoms with E-state index in [9.17, 15) is 13.2 Å². The van der Waals surface area contributed by atoms with Crippen molar-refractivity contribution in [3.8, 4) is 0 Å². The Bertz CT molecular complexity index is 1070. The van der Waals surface area contributed by atoms with Crippen LogP contribution in [0.15, 0.2) is 52.3 Å². The normalized spacial score (nSPS) is 20.9. The number of rotatable bonds is 3. The van der Waals surface area contributed by atoms with Crippen molar-refractivity contribution < 1.29 is 13.2 Å². The number of nitrogens with zero attached hydrogens (tertiary/aromatic N) is 2. The first kappa shape index (κ1) is 22.9. The zero-order valence-electron chi connectivity index (χ0n) is 17.1. The highest BCUT2D eigenvalue weighted by Gasteiger charge is 2.36. The fourth-order valence-electron chi connectivity index (χ4n) is 4.14. The van der Waals surface area contributed by atoms with E-state index < -0.39 is 10.0 Å². The second-order valence-electron chi connectivity index (χ2n) is 7.90. The topological polar surface area (TPSA) is 57.7 Å². The molecule has 31 heavy (non-hydrogen) atoms. The number of carbonyl (C=O) groups excluding carboxylic acids is 1. The largest absolute Gasteiger partial charge is 0.311 e. The van der Waals surface area contributed by atoms with Gasteiger partial charge in [0.25, 0.3) is 0 Å². The van der Waals surface area contributed by atoms with Crippen molar-refractivity contribution in [2.45, 2.75) is 41.2 Å². The van der Waals surface area contributed by atoms with Crippen LogP contribution in [0.1, 0.15) is 26.2 Å². The summed E-state index contributed by atoms with van der Waals surface area (Å²) in [7, 11) is -3.82. The third-order valence-corrected chi connectivity index (χ3v) is 9.92. The van der Waals surface area contributed by atoms with Gasteiger partial charge in [-0.1, -0.05) is 48.3 Å². The summed E-state index contributed by atoms with van der Waals surface area (Å²) in [6.45, 7) is 3.39. The Labute approximate surface area is 197 Å². The van der Waals surface area contributed by atoms with Gasteiger partial charge in [-0.25, -0.2) is 8.42 Å². The zero-order valence-corrected chi connectivity index (χ0v) is 20.3. The minimum atomic E-state index is -3.82. The van der Waals surface area contributed by atoms with Crippen LogP contribution in [0, 0.1) is 5.92 Å². The van der Waals surface area contributed by atoms with Crippen LogP contribution in [0.4, 0.5) is 5.69 Å². The molecule has 2 heterocycles. The average Bonchev–Trinajstić information content (AvgIpc) is 2.91. The van der Waals surface area contributed by atoms with E-state index in [1.54, 1.807) is 17.8 Å². The summed E-state index contributed by atoms with van der Waals surface area (Å²) < 4.78 is 27.6. The molecule has 0 aromatic heterocycles. The molecule has 1 atom stereocenters. The smallest absolute Gasteiger partial charge is 0.246 e. The van der Waals surface area contributed by atoms with Gasteiger partial charge < -0.3 is 4.90 Å². The molecule has 1 unspecified atom stereocenters. The van der Waals surface area contributed by atoms with E-state index in [4.69, 9.17) is 23.2 Å². The molecule has 1 saturated heterocycles. The molecule has 5 nitrogen and oxygen atoms in total. The number of amides is 1. The molecule has 0 aliphatic carbocycles. The van der Waals surface area contributed by atoms with Crippen molar-refractivity contribution in [2.75, 3.05) is 24.5 Å². The number of para-hydroxylation sites is 1. The van der Waals surface area contributed by atoms with Gasteiger partial charge in [-0.2, -0.15) is 4.31 Å². The Morgan fingerprint density at radius 2 is 1.61 bits per heavy atom. The fraction of sp³-hybridized carbons (Fsp3) is 0.409. The van der Waals surface area contributed by atoms with Gasteiger partial charge in [-0.3, -0.25) is 4.79 Å². The van der Waals surface area contributed by atoms with Crippen LogP contribution in [0.3, 0.4) is 0 Å². The van der Waals surface area contributed by atoms with E-state index >= 15 is 0 Å². The summed E-state index contributed by atoms with van der Waals surface area (Å²) in [5, 5.41) is 0.656. The maximum Gasteiger partial charge on any atom is 0.246 e. The molecular formula is C22H24Cl2N2O3S2. The van der Waals surface area contributed by atoms with Crippen LogP contribution >= 0.6 is 35.0 Å². The van der Waals surface area contributed by atoms with E-state index in [0.717, 1.165) is 17.0 Å². The van der Waals surface area contributed by atoms with Crippen LogP contribution in [-0.4, -0.2) is 43.5 Å². The molecule has 0 radical (unpaired) electrons. The summed E-state index contributed by atoms with van der Waals surface area (Å²) in [5.74, 6) is -0.130. The molecule has 0 bridgehead atoms. The minimum Gasteiger partial charge on any atom is -0.311 e. The first-order valence-electron chi connectivity index (χ1n) is 10.3. The van der Waals surface area contributed by atoms with Crippen LogP contribution in [0.5, 0.6) is 0 Å². The zero-order chi connectivity index (χ0) is 22.2. The summed E-state index contributed by atoms with van der Waals surface area (Å²) in [6, 6.07) is 12.7. The number of anilines is 1. The lowest BCUT2D eigenvalue weighted by atomic mass is 9.96. The van der Waals surface area contributed by atoms with E-state index in [0.29, 0.717) is 24.6 Å². The number of hydrogen-bond donors (Lipinski definition) is 0. The molecule has 2 aromatic rings. The first-order chi connectivity index (χ1) is 14.8.